The molecular formula is C12H14BrN3OS. The third-order valence-electron chi connectivity index (χ3n) is 2.57. The van der Waals surface area contributed by atoms with Crippen LogP contribution in [-0.4, -0.2) is 15.7 Å². The SMILES string of the molecule is CCn1ccc([C@H](C)NC(=O)c2cc(Br)cs2)n1. The zero-order valence-electron chi connectivity index (χ0n) is 10.2. The Hall–Kier alpha value is -1.14. The summed E-state index contributed by atoms with van der Waals surface area (Å²) in [7, 11) is 0. The Morgan fingerprint density at radius 2 is 2.44 bits per heavy atom. The second-order valence-corrected chi connectivity index (χ2v) is 5.75. The molecule has 1 N–H and O–H groups in total. The van der Waals surface area contributed by atoms with Crippen molar-refractivity contribution in [2.45, 2.75) is 26.4 Å². The molecule has 0 fully saturated rings. The number of nitrogens with zero attached hydrogens (tertiary/aromatic N) is 2. The van der Waals surface area contributed by atoms with E-state index in [9.17, 15) is 4.79 Å². The molecule has 1 amide bonds. The largest absolute Gasteiger partial charge is 0.343 e. The van der Waals surface area contributed by atoms with Gasteiger partial charge in [-0.25, -0.2) is 0 Å². The number of amides is 1. The Kier molecular flexibility index (Phi) is 4.19. The quantitative estimate of drug-likeness (QED) is 0.937. The van der Waals surface area contributed by atoms with Gasteiger partial charge in [-0.1, -0.05) is 0 Å². The van der Waals surface area contributed by atoms with Crippen molar-refractivity contribution in [1.82, 2.24) is 15.1 Å². The number of aryl methyl sites for hydroxylation is 1. The number of aromatic nitrogens is 2. The molecule has 0 aliphatic heterocycles. The molecule has 0 saturated carbocycles. The highest BCUT2D eigenvalue weighted by Crippen LogP contribution is 2.20. The highest BCUT2D eigenvalue weighted by Gasteiger charge is 2.14. The average molecular weight is 328 g/mol. The summed E-state index contributed by atoms with van der Waals surface area (Å²) in [5, 5.41) is 9.21. The van der Waals surface area contributed by atoms with E-state index < -0.39 is 0 Å². The van der Waals surface area contributed by atoms with E-state index in [1.807, 2.05) is 42.2 Å². The zero-order valence-corrected chi connectivity index (χ0v) is 12.6. The first-order valence-electron chi connectivity index (χ1n) is 5.68. The van der Waals surface area contributed by atoms with E-state index in [4.69, 9.17) is 0 Å². The van der Waals surface area contributed by atoms with Crippen LogP contribution >= 0.6 is 27.3 Å². The van der Waals surface area contributed by atoms with Crippen LogP contribution in [0.1, 0.15) is 35.3 Å². The first-order valence-corrected chi connectivity index (χ1v) is 7.35. The lowest BCUT2D eigenvalue weighted by atomic mass is 10.2. The van der Waals surface area contributed by atoms with Gasteiger partial charge in [-0.05, 0) is 41.9 Å². The van der Waals surface area contributed by atoms with E-state index in [0.29, 0.717) is 4.88 Å². The molecule has 0 aliphatic rings. The molecule has 0 aliphatic carbocycles. The molecule has 2 heterocycles. The molecule has 2 rings (SSSR count). The minimum absolute atomic E-state index is 0.0655. The molecule has 0 bridgehead atoms. The minimum atomic E-state index is -0.0915. The summed E-state index contributed by atoms with van der Waals surface area (Å²) in [4.78, 5) is 12.7. The number of carbonyl (C=O) groups excluding carboxylic acids is 1. The second-order valence-electron chi connectivity index (χ2n) is 3.92. The first-order chi connectivity index (χ1) is 8.60. The second kappa shape index (κ2) is 5.67. The van der Waals surface area contributed by atoms with Crippen LogP contribution in [0.25, 0.3) is 0 Å². The van der Waals surface area contributed by atoms with E-state index in [0.717, 1.165) is 16.7 Å². The van der Waals surface area contributed by atoms with Gasteiger partial charge in [0.2, 0.25) is 0 Å². The van der Waals surface area contributed by atoms with Crippen LogP contribution in [0.2, 0.25) is 0 Å². The van der Waals surface area contributed by atoms with Crippen molar-refractivity contribution in [1.29, 1.82) is 0 Å². The van der Waals surface area contributed by atoms with Crippen molar-refractivity contribution < 1.29 is 4.79 Å². The fourth-order valence-electron chi connectivity index (χ4n) is 1.56. The molecule has 2 aromatic heterocycles. The lowest BCUT2D eigenvalue weighted by Gasteiger charge is -2.10. The first kappa shape index (κ1) is 13.3. The van der Waals surface area contributed by atoms with Gasteiger partial charge in [0.15, 0.2) is 0 Å². The molecule has 0 saturated heterocycles. The Labute approximate surface area is 118 Å². The molecule has 0 radical (unpaired) electrons. The van der Waals surface area contributed by atoms with Crippen LogP contribution in [0, 0.1) is 0 Å². The normalized spacial score (nSPS) is 12.4. The van der Waals surface area contributed by atoms with Gasteiger partial charge < -0.3 is 5.32 Å². The molecule has 0 spiro atoms. The lowest BCUT2D eigenvalue weighted by Crippen LogP contribution is -2.26. The summed E-state index contributed by atoms with van der Waals surface area (Å²) in [6.07, 6.45) is 1.92. The molecule has 1 atom stereocenters. The summed E-state index contributed by atoms with van der Waals surface area (Å²) < 4.78 is 2.78. The lowest BCUT2D eigenvalue weighted by molar-refractivity contribution is 0.0943. The molecule has 0 unspecified atom stereocenters. The number of nitrogens with one attached hydrogen (secondary N) is 1. The van der Waals surface area contributed by atoms with E-state index in [1.165, 1.54) is 11.3 Å². The van der Waals surface area contributed by atoms with Crippen LogP contribution in [0.5, 0.6) is 0 Å². The van der Waals surface area contributed by atoms with Gasteiger partial charge >= 0.3 is 0 Å². The topological polar surface area (TPSA) is 46.9 Å². The molecule has 18 heavy (non-hydrogen) atoms. The molecule has 96 valence electrons. The third kappa shape index (κ3) is 3.00. The summed E-state index contributed by atoms with van der Waals surface area (Å²) >= 11 is 4.76. The van der Waals surface area contributed by atoms with E-state index in [-0.39, 0.29) is 11.9 Å². The standard InChI is InChI=1S/C12H14BrN3OS/c1-3-16-5-4-10(15-16)8(2)14-12(17)11-6-9(13)7-18-11/h4-8H,3H2,1-2H3,(H,14,17)/t8-/m0/s1. The molecule has 6 heteroatoms. The van der Waals surface area contributed by atoms with Gasteiger partial charge in [-0.3, -0.25) is 9.48 Å². The maximum atomic E-state index is 12.0. The Bertz CT molecular complexity index is 549. The third-order valence-corrected chi connectivity index (χ3v) is 4.26. The van der Waals surface area contributed by atoms with Crippen LogP contribution < -0.4 is 5.32 Å². The fourth-order valence-corrected chi connectivity index (χ4v) is 2.89. The highest BCUT2D eigenvalue weighted by atomic mass is 79.9. The number of carbonyl (C=O) groups is 1. The van der Waals surface area contributed by atoms with Crippen LogP contribution in [0.15, 0.2) is 28.2 Å². The van der Waals surface area contributed by atoms with Crippen molar-refractivity contribution in [2.24, 2.45) is 0 Å². The van der Waals surface area contributed by atoms with Gasteiger partial charge in [0, 0.05) is 22.6 Å². The van der Waals surface area contributed by atoms with Crippen molar-refractivity contribution in [2.75, 3.05) is 0 Å². The van der Waals surface area contributed by atoms with E-state index in [2.05, 4.69) is 26.3 Å². The number of hydrogen-bond acceptors (Lipinski definition) is 3. The van der Waals surface area contributed by atoms with Gasteiger partial charge in [-0.15, -0.1) is 11.3 Å². The van der Waals surface area contributed by atoms with Crippen molar-refractivity contribution >= 4 is 33.2 Å². The maximum Gasteiger partial charge on any atom is 0.261 e. The predicted molar refractivity (Wildman–Crippen MR) is 75.8 cm³/mol. The van der Waals surface area contributed by atoms with Crippen molar-refractivity contribution in [3.63, 3.8) is 0 Å². The fraction of sp³-hybridized carbons (Fsp3) is 0.333. The monoisotopic (exact) mass is 327 g/mol. The number of halogens is 1. The number of rotatable bonds is 4. The zero-order chi connectivity index (χ0) is 13.1. The Morgan fingerprint density at radius 3 is 3.00 bits per heavy atom. The van der Waals surface area contributed by atoms with Crippen molar-refractivity contribution in [3.05, 3.63) is 38.8 Å². The number of thiophene rings is 1. The molecule has 0 aromatic carbocycles. The average Bonchev–Trinajstić information content (AvgIpc) is 2.97. The van der Waals surface area contributed by atoms with Crippen LogP contribution in [0.3, 0.4) is 0 Å². The van der Waals surface area contributed by atoms with Crippen LogP contribution in [-0.2, 0) is 6.54 Å². The van der Waals surface area contributed by atoms with Gasteiger partial charge in [0.05, 0.1) is 16.6 Å². The Balaban J connectivity index is 2.02. The van der Waals surface area contributed by atoms with Gasteiger partial charge in [0.1, 0.15) is 0 Å². The summed E-state index contributed by atoms with van der Waals surface area (Å²) in [5.74, 6) is -0.0655. The molecule has 2 aromatic rings. The molecular weight excluding hydrogens is 314 g/mol. The van der Waals surface area contributed by atoms with E-state index in [1.54, 1.807) is 0 Å². The maximum absolute atomic E-state index is 12.0. The highest BCUT2D eigenvalue weighted by molar-refractivity contribution is 9.10. The summed E-state index contributed by atoms with van der Waals surface area (Å²) in [5.41, 5.74) is 0.876. The smallest absolute Gasteiger partial charge is 0.261 e. The van der Waals surface area contributed by atoms with E-state index >= 15 is 0 Å². The number of hydrogen-bond donors (Lipinski definition) is 1. The van der Waals surface area contributed by atoms with Gasteiger partial charge in [0.25, 0.3) is 5.91 Å². The predicted octanol–water partition coefficient (Wildman–Crippen LogP) is 3.22. The van der Waals surface area contributed by atoms with Crippen LogP contribution in [0.4, 0.5) is 0 Å². The summed E-state index contributed by atoms with van der Waals surface area (Å²) in [6, 6.07) is 3.65. The van der Waals surface area contributed by atoms with Gasteiger partial charge in [-0.2, -0.15) is 5.10 Å². The Morgan fingerprint density at radius 1 is 1.67 bits per heavy atom. The summed E-state index contributed by atoms with van der Waals surface area (Å²) in [6.45, 7) is 4.80. The minimum Gasteiger partial charge on any atom is -0.343 e. The molecule has 4 nitrogen and oxygen atoms in total. The van der Waals surface area contributed by atoms with Crippen molar-refractivity contribution in [3.8, 4) is 0 Å².